The molecule has 0 bridgehead atoms. The molecule has 17 heavy (non-hydrogen) atoms. The zero-order valence-corrected chi connectivity index (χ0v) is 11.4. The number of anilines is 1. The Hall–Kier alpha value is -0.870. The highest BCUT2D eigenvalue weighted by Gasteiger charge is 2.19. The van der Waals surface area contributed by atoms with Gasteiger partial charge in [-0.2, -0.15) is 0 Å². The lowest BCUT2D eigenvalue weighted by Crippen LogP contribution is -2.20. The van der Waals surface area contributed by atoms with Crippen LogP contribution in [0.2, 0.25) is 5.15 Å². The molecule has 2 rings (SSSR count). The number of hydrogen-bond acceptors (Lipinski definition) is 4. The summed E-state index contributed by atoms with van der Waals surface area (Å²) >= 11 is 5.92. The van der Waals surface area contributed by atoms with Crippen molar-refractivity contribution in [3.8, 4) is 0 Å². The Labute approximate surface area is 107 Å². The standard InChI is InChI=1S/C12H19ClN4/c1-8-9(2)12(16-15-11(8)13)14-6-10-4-5-17(3)7-10/h10H,4-7H2,1-3H3,(H,14,16). The minimum Gasteiger partial charge on any atom is -0.368 e. The number of nitrogens with one attached hydrogen (secondary N) is 1. The molecule has 0 radical (unpaired) electrons. The normalized spacial score (nSPS) is 20.8. The first-order valence-electron chi connectivity index (χ1n) is 5.99. The Balaban J connectivity index is 1.97. The summed E-state index contributed by atoms with van der Waals surface area (Å²) in [7, 11) is 2.16. The van der Waals surface area contributed by atoms with E-state index in [9.17, 15) is 0 Å². The highest BCUT2D eigenvalue weighted by atomic mass is 35.5. The molecular formula is C12H19ClN4. The molecule has 1 N–H and O–H groups in total. The highest BCUT2D eigenvalue weighted by Crippen LogP contribution is 2.21. The maximum Gasteiger partial charge on any atom is 0.155 e. The van der Waals surface area contributed by atoms with E-state index in [1.165, 1.54) is 13.0 Å². The maximum atomic E-state index is 5.92. The van der Waals surface area contributed by atoms with Crippen LogP contribution in [0.5, 0.6) is 0 Å². The molecule has 0 saturated carbocycles. The van der Waals surface area contributed by atoms with Crippen LogP contribution in [0.25, 0.3) is 0 Å². The van der Waals surface area contributed by atoms with Crippen LogP contribution in [0.4, 0.5) is 5.82 Å². The lowest BCUT2D eigenvalue weighted by Gasteiger charge is -2.14. The monoisotopic (exact) mass is 254 g/mol. The van der Waals surface area contributed by atoms with Crippen LogP contribution >= 0.6 is 11.6 Å². The molecule has 1 aliphatic rings. The quantitative estimate of drug-likeness (QED) is 0.897. The van der Waals surface area contributed by atoms with E-state index in [0.717, 1.165) is 30.0 Å². The Bertz CT molecular complexity index is 408. The van der Waals surface area contributed by atoms with E-state index >= 15 is 0 Å². The molecule has 0 aromatic carbocycles. The van der Waals surface area contributed by atoms with Crippen LogP contribution in [0.15, 0.2) is 0 Å². The molecule has 1 unspecified atom stereocenters. The zero-order chi connectivity index (χ0) is 12.4. The SMILES string of the molecule is Cc1c(Cl)nnc(NCC2CCN(C)C2)c1C. The summed E-state index contributed by atoms with van der Waals surface area (Å²) in [5.74, 6) is 1.57. The van der Waals surface area contributed by atoms with Crippen LogP contribution in [0, 0.1) is 19.8 Å². The predicted molar refractivity (Wildman–Crippen MR) is 70.6 cm³/mol. The molecule has 1 fully saturated rings. The molecule has 1 aromatic heterocycles. The molecular weight excluding hydrogens is 236 g/mol. The molecule has 5 heteroatoms. The smallest absolute Gasteiger partial charge is 0.155 e. The zero-order valence-electron chi connectivity index (χ0n) is 10.6. The molecule has 1 aliphatic heterocycles. The van der Waals surface area contributed by atoms with E-state index < -0.39 is 0 Å². The third kappa shape index (κ3) is 2.87. The van der Waals surface area contributed by atoms with Gasteiger partial charge in [0, 0.05) is 13.1 Å². The summed E-state index contributed by atoms with van der Waals surface area (Å²) in [6, 6.07) is 0. The largest absolute Gasteiger partial charge is 0.368 e. The van der Waals surface area contributed by atoms with Crippen molar-refractivity contribution in [1.29, 1.82) is 0 Å². The molecule has 94 valence electrons. The number of hydrogen-bond donors (Lipinski definition) is 1. The second kappa shape index (κ2) is 5.19. The van der Waals surface area contributed by atoms with Crippen LogP contribution in [-0.2, 0) is 0 Å². The molecule has 4 nitrogen and oxygen atoms in total. The predicted octanol–water partition coefficient (Wildman–Crippen LogP) is 2.11. The molecule has 0 amide bonds. The lowest BCUT2D eigenvalue weighted by atomic mass is 10.1. The molecule has 1 aromatic rings. The third-order valence-corrected chi connectivity index (χ3v) is 3.87. The Morgan fingerprint density at radius 3 is 2.76 bits per heavy atom. The van der Waals surface area contributed by atoms with Gasteiger partial charge in [-0.15, -0.1) is 10.2 Å². The average Bonchev–Trinajstić information content (AvgIpc) is 2.71. The minimum absolute atomic E-state index is 0.494. The fraction of sp³-hybridized carbons (Fsp3) is 0.667. The Kier molecular flexibility index (Phi) is 3.84. The van der Waals surface area contributed by atoms with Gasteiger partial charge < -0.3 is 10.2 Å². The van der Waals surface area contributed by atoms with E-state index in [4.69, 9.17) is 11.6 Å². The molecule has 0 aliphatic carbocycles. The second-order valence-corrected chi connectivity index (χ2v) is 5.25. The van der Waals surface area contributed by atoms with Gasteiger partial charge in [-0.25, -0.2) is 0 Å². The Morgan fingerprint density at radius 1 is 1.35 bits per heavy atom. The minimum atomic E-state index is 0.494. The van der Waals surface area contributed by atoms with Gasteiger partial charge in [0.1, 0.15) is 0 Å². The van der Waals surface area contributed by atoms with E-state index in [2.05, 4.69) is 27.5 Å². The van der Waals surface area contributed by atoms with E-state index in [1.54, 1.807) is 0 Å². The second-order valence-electron chi connectivity index (χ2n) is 4.89. The van der Waals surface area contributed by atoms with Gasteiger partial charge in [-0.3, -0.25) is 0 Å². The van der Waals surface area contributed by atoms with Crippen molar-refractivity contribution in [2.75, 3.05) is 32.0 Å². The van der Waals surface area contributed by atoms with Gasteiger partial charge in [-0.05, 0) is 50.9 Å². The van der Waals surface area contributed by atoms with Gasteiger partial charge in [-0.1, -0.05) is 11.6 Å². The number of nitrogens with zero attached hydrogens (tertiary/aromatic N) is 3. The molecule has 1 atom stereocenters. The van der Waals surface area contributed by atoms with Gasteiger partial charge >= 0.3 is 0 Å². The first-order chi connectivity index (χ1) is 8.08. The van der Waals surface area contributed by atoms with Gasteiger partial charge in [0.25, 0.3) is 0 Å². The van der Waals surface area contributed by atoms with Crippen LogP contribution in [-0.4, -0.2) is 41.8 Å². The van der Waals surface area contributed by atoms with Crippen molar-refractivity contribution >= 4 is 17.4 Å². The first kappa shape index (κ1) is 12.6. The lowest BCUT2D eigenvalue weighted by molar-refractivity contribution is 0.399. The van der Waals surface area contributed by atoms with Gasteiger partial charge in [0.05, 0.1) is 0 Å². The first-order valence-corrected chi connectivity index (χ1v) is 6.37. The highest BCUT2D eigenvalue weighted by molar-refractivity contribution is 6.30. The van der Waals surface area contributed by atoms with Crippen LogP contribution < -0.4 is 5.32 Å². The van der Waals surface area contributed by atoms with E-state index in [1.807, 2.05) is 13.8 Å². The summed E-state index contributed by atoms with van der Waals surface area (Å²) < 4.78 is 0. The molecule has 2 heterocycles. The number of aromatic nitrogens is 2. The number of rotatable bonds is 3. The van der Waals surface area contributed by atoms with E-state index in [0.29, 0.717) is 11.1 Å². The fourth-order valence-corrected chi connectivity index (χ4v) is 2.36. The summed E-state index contributed by atoms with van der Waals surface area (Å²) in [4.78, 5) is 2.36. The van der Waals surface area contributed by atoms with Crippen molar-refractivity contribution in [3.05, 3.63) is 16.3 Å². The summed E-state index contributed by atoms with van der Waals surface area (Å²) in [5, 5.41) is 11.9. The van der Waals surface area contributed by atoms with Crippen LogP contribution in [0.3, 0.4) is 0 Å². The average molecular weight is 255 g/mol. The number of halogens is 1. The molecule has 0 spiro atoms. The van der Waals surface area contributed by atoms with Gasteiger partial charge in [0.2, 0.25) is 0 Å². The summed E-state index contributed by atoms with van der Waals surface area (Å²) in [6.07, 6.45) is 1.25. The Morgan fingerprint density at radius 2 is 2.12 bits per heavy atom. The molecule has 1 saturated heterocycles. The van der Waals surface area contributed by atoms with Gasteiger partial charge in [0.15, 0.2) is 11.0 Å². The maximum absolute atomic E-state index is 5.92. The third-order valence-electron chi connectivity index (χ3n) is 3.51. The number of likely N-dealkylation sites (tertiary alicyclic amines) is 1. The topological polar surface area (TPSA) is 41.1 Å². The summed E-state index contributed by atoms with van der Waals surface area (Å²) in [5.41, 5.74) is 2.10. The van der Waals surface area contributed by atoms with E-state index in [-0.39, 0.29) is 0 Å². The van der Waals surface area contributed by atoms with Crippen molar-refractivity contribution in [2.45, 2.75) is 20.3 Å². The van der Waals surface area contributed by atoms with Crippen LogP contribution in [0.1, 0.15) is 17.5 Å². The summed E-state index contributed by atoms with van der Waals surface area (Å²) in [6.45, 7) is 7.31. The van der Waals surface area contributed by atoms with Crippen molar-refractivity contribution < 1.29 is 0 Å². The van der Waals surface area contributed by atoms with Crippen molar-refractivity contribution in [3.63, 3.8) is 0 Å². The van der Waals surface area contributed by atoms with Crippen molar-refractivity contribution in [2.24, 2.45) is 5.92 Å². The fourth-order valence-electron chi connectivity index (χ4n) is 2.18. The van der Waals surface area contributed by atoms with Crippen molar-refractivity contribution in [1.82, 2.24) is 15.1 Å².